The Hall–Kier alpha value is -3.47. The highest BCUT2D eigenvalue weighted by Crippen LogP contribution is 2.34. The van der Waals surface area contributed by atoms with Gasteiger partial charge in [0.15, 0.2) is 0 Å². The van der Waals surface area contributed by atoms with E-state index in [4.69, 9.17) is 14.7 Å². The van der Waals surface area contributed by atoms with Crippen molar-refractivity contribution in [2.45, 2.75) is 51.2 Å². The Morgan fingerprint density at radius 1 is 1.18 bits per heavy atom. The molecule has 1 N–H and O–H groups in total. The van der Waals surface area contributed by atoms with Gasteiger partial charge in [-0.2, -0.15) is 5.10 Å². The van der Waals surface area contributed by atoms with Crippen LogP contribution in [-0.2, 0) is 19.2 Å². The summed E-state index contributed by atoms with van der Waals surface area (Å²) in [5.74, 6) is -1.21. The van der Waals surface area contributed by atoms with Crippen molar-refractivity contribution in [3.05, 3.63) is 35.4 Å². The zero-order chi connectivity index (χ0) is 24.9. The molecule has 11 heteroatoms. The molecule has 2 heterocycles. The average molecular weight is 475 g/mol. The Bertz CT molecular complexity index is 947. The van der Waals surface area contributed by atoms with E-state index in [0.29, 0.717) is 56.4 Å². The van der Waals surface area contributed by atoms with Gasteiger partial charge in [-0.15, -0.1) is 5.17 Å². The molecule has 2 aliphatic rings. The molecular weight excluding hydrogens is 444 g/mol. The van der Waals surface area contributed by atoms with E-state index in [1.165, 1.54) is 11.1 Å². The van der Waals surface area contributed by atoms with Crippen molar-refractivity contribution >= 4 is 30.6 Å². The third-order valence-electron chi connectivity index (χ3n) is 5.62. The standard InChI is InChI=1S/C23H30N4O7/c1-22(2,3)34-27(16-28)24-14-17-4-6-18(7-5-17)20(31)25-11-8-23(9-12-25)10-13-26(15-19(29)30)21(32)33-23/h4-7,14,16H,8-13,15H2,1-3H3,(H,29,30). The highest BCUT2D eigenvalue weighted by Gasteiger charge is 2.44. The Labute approximate surface area is 197 Å². The lowest BCUT2D eigenvalue weighted by Crippen LogP contribution is -2.56. The number of aliphatic carboxylic acids is 1. The van der Waals surface area contributed by atoms with Gasteiger partial charge in [0.1, 0.15) is 12.1 Å². The zero-order valence-corrected chi connectivity index (χ0v) is 19.6. The van der Waals surface area contributed by atoms with Gasteiger partial charge in [0, 0.05) is 44.5 Å². The maximum atomic E-state index is 12.9. The van der Waals surface area contributed by atoms with Gasteiger partial charge in [-0.3, -0.25) is 19.3 Å². The van der Waals surface area contributed by atoms with Crippen molar-refractivity contribution in [3.63, 3.8) is 0 Å². The molecule has 0 atom stereocenters. The second kappa shape index (κ2) is 10.2. The fourth-order valence-electron chi connectivity index (χ4n) is 3.88. The molecule has 3 amide bonds. The van der Waals surface area contributed by atoms with Crippen LogP contribution in [0.4, 0.5) is 4.79 Å². The number of likely N-dealkylation sites (tertiary alicyclic amines) is 1. The van der Waals surface area contributed by atoms with Crippen LogP contribution in [0.3, 0.4) is 0 Å². The van der Waals surface area contributed by atoms with Crippen molar-refractivity contribution in [1.29, 1.82) is 0 Å². The van der Waals surface area contributed by atoms with Crippen molar-refractivity contribution < 1.29 is 33.9 Å². The van der Waals surface area contributed by atoms with E-state index in [2.05, 4.69) is 5.10 Å². The van der Waals surface area contributed by atoms with Gasteiger partial charge < -0.3 is 14.7 Å². The molecule has 11 nitrogen and oxygen atoms in total. The number of hydroxylamine groups is 1. The van der Waals surface area contributed by atoms with Crippen molar-refractivity contribution in [3.8, 4) is 0 Å². The second-order valence-corrected chi connectivity index (χ2v) is 9.39. The van der Waals surface area contributed by atoms with E-state index in [1.807, 2.05) is 0 Å². The summed E-state index contributed by atoms with van der Waals surface area (Å²) in [6.45, 7) is 6.22. The molecule has 0 aromatic heterocycles. The lowest BCUT2D eigenvalue weighted by Gasteiger charge is -2.45. The minimum atomic E-state index is -1.08. The third kappa shape index (κ3) is 6.53. The quantitative estimate of drug-likeness (QED) is 0.364. The molecule has 0 radical (unpaired) electrons. The third-order valence-corrected chi connectivity index (χ3v) is 5.62. The number of hydrogen-bond acceptors (Lipinski definition) is 7. The second-order valence-electron chi connectivity index (χ2n) is 9.39. The Kier molecular flexibility index (Phi) is 7.55. The number of piperidine rings is 1. The Morgan fingerprint density at radius 2 is 1.79 bits per heavy atom. The molecule has 1 spiro atoms. The number of carbonyl (C=O) groups is 4. The first-order chi connectivity index (χ1) is 16.0. The lowest BCUT2D eigenvalue weighted by atomic mass is 9.86. The number of nitrogens with zero attached hydrogens (tertiary/aromatic N) is 4. The van der Waals surface area contributed by atoms with Gasteiger partial charge in [0.05, 0.1) is 11.8 Å². The summed E-state index contributed by atoms with van der Waals surface area (Å²) >= 11 is 0. The normalized spacial score (nSPS) is 18.1. The SMILES string of the molecule is CC(C)(C)ON(C=O)N=Cc1ccc(C(=O)N2CCC3(CCN(CC(=O)O)C(=O)O3)CC2)cc1. The molecule has 2 saturated heterocycles. The summed E-state index contributed by atoms with van der Waals surface area (Å²) in [5.41, 5.74) is -0.0175. The van der Waals surface area contributed by atoms with Gasteiger partial charge in [0.2, 0.25) is 0 Å². The smallest absolute Gasteiger partial charge is 0.410 e. The molecule has 184 valence electrons. The van der Waals surface area contributed by atoms with Crippen LogP contribution < -0.4 is 0 Å². The predicted molar refractivity (Wildman–Crippen MR) is 121 cm³/mol. The first-order valence-corrected chi connectivity index (χ1v) is 11.1. The molecule has 34 heavy (non-hydrogen) atoms. The highest BCUT2D eigenvalue weighted by molar-refractivity contribution is 5.95. The number of ether oxygens (including phenoxy) is 1. The van der Waals surface area contributed by atoms with E-state index < -0.39 is 23.3 Å². The van der Waals surface area contributed by atoms with E-state index >= 15 is 0 Å². The number of hydrogen-bond donors (Lipinski definition) is 1. The van der Waals surface area contributed by atoms with Crippen LogP contribution in [0.25, 0.3) is 0 Å². The van der Waals surface area contributed by atoms with Gasteiger partial charge >= 0.3 is 12.1 Å². The number of carboxylic acid groups (broad SMARTS) is 1. The Balaban J connectivity index is 1.54. The van der Waals surface area contributed by atoms with E-state index in [1.54, 1.807) is 49.9 Å². The molecule has 1 aromatic carbocycles. The molecule has 1 aromatic rings. The van der Waals surface area contributed by atoms with Crippen LogP contribution in [0.15, 0.2) is 29.4 Å². The molecule has 0 bridgehead atoms. The summed E-state index contributed by atoms with van der Waals surface area (Å²) in [7, 11) is 0. The summed E-state index contributed by atoms with van der Waals surface area (Å²) < 4.78 is 5.60. The largest absolute Gasteiger partial charge is 0.480 e. The van der Waals surface area contributed by atoms with E-state index in [-0.39, 0.29) is 12.5 Å². The van der Waals surface area contributed by atoms with Gasteiger partial charge in [-0.05, 0) is 38.5 Å². The minimum Gasteiger partial charge on any atom is -0.480 e. The molecule has 3 rings (SSSR count). The summed E-state index contributed by atoms with van der Waals surface area (Å²) in [6, 6.07) is 6.83. The fraction of sp³-hybridized carbons (Fsp3) is 0.522. The number of carboxylic acids is 1. The van der Waals surface area contributed by atoms with Crippen LogP contribution in [0.2, 0.25) is 0 Å². The van der Waals surface area contributed by atoms with Crippen LogP contribution >= 0.6 is 0 Å². The molecule has 2 fully saturated rings. The molecular formula is C23H30N4O7. The van der Waals surface area contributed by atoms with Crippen LogP contribution in [-0.4, -0.2) is 88.1 Å². The lowest BCUT2D eigenvalue weighted by molar-refractivity contribution is -0.215. The fourth-order valence-corrected chi connectivity index (χ4v) is 3.88. The first kappa shape index (κ1) is 25.2. The van der Waals surface area contributed by atoms with E-state index in [9.17, 15) is 19.2 Å². The topological polar surface area (TPSA) is 129 Å². The van der Waals surface area contributed by atoms with Crippen LogP contribution in [0.5, 0.6) is 0 Å². The number of benzene rings is 1. The van der Waals surface area contributed by atoms with Crippen LogP contribution in [0, 0.1) is 0 Å². The first-order valence-electron chi connectivity index (χ1n) is 11.1. The maximum Gasteiger partial charge on any atom is 0.410 e. The molecule has 0 unspecified atom stereocenters. The van der Waals surface area contributed by atoms with Gasteiger partial charge in [0.25, 0.3) is 12.3 Å². The Morgan fingerprint density at radius 3 is 2.32 bits per heavy atom. The summed E-state index contributed by atoms with van der Waals surface area (Å²) in [6.07, 6.45) is 2.86. The average Bonchev–Trinajstić information content (AvgIpc) is 2.78. The maximum absolute atomic E-state index is 12.9. The number of rotatable bonds is 7. The van der Waals surface area contributed by atoms with Gasteiger partial charge in [-0.1, -0.05) is 12.1 Å². The summed E-state index contributed by atoms with van der Waals surface area (Å²) in [4.78, 5) is 55.3. The zero-order valence-electron chi connectivity index (χ0n) is 19.6. The monoisotopic (exact) mass is 474 g/mol. The highest BCUT2D eigenvalue weighted by atomic mass is 16.7. The molecule has 2 aliphatic heterocycles. The number of amides is 3. The number of carbonyl (C=O) groups excluding carboxylic acids is 3. The predicted octanol–water partition coefficient (Wildman–Crippen LogP) is 2.11. The van der Waals surface area contributed by atoms with Crippen molar-refractivity contribution in [1.82, 2.24) is 15.0 Å². The number of hydrazone groups is 1. The van der Waals surface area contributed by atoms with Crippen LogP contribution in [0.1, 0.15) is 56.0 Å². The van der Waals surface area contributed by atoms with E-state index in [0.717, 1.165) is 5.17 Å². The molecule has 0 aliphatic carbocycles. The minimum absolute atomic E-state index is 0.126. The van der Waals surface area contributed by atoms with Crippen molar-refractivity contribution in [2.75, 3.05) is 26.2 Å². The summed E-state index contributed by atoms with van der Waals surface area (Å²) in [5, 5.41) is 13.7. The van der Waals surface area contributed by atoms with Gasteiger partial charge in [-0.25, -0.2) is 9.63 Å². The molecule has 0 saturated carbocycles. The van der Waals surface area contributed by atoms with Crippen molar-refractivity contribution in [2.24, 2.45) is 5.10 Å².